The first-order valence-corrected chi connectivity index (χ1v) is 8.55. The van der Waals surface area contributed by atoms with Gasteiger partial charge in [0.15, 0.2) is 5.82 Å². The van der Waals surface area contributed by atoms with E-state index in [4.69, 9.17) is 17.0 Å². The van der Waals surface area contributed by atoms with Crippen molar-refractivity contribution >= 4 is 18.4 Å². The van der Waals surface area contributed by atoms with Crippen LogP contribution in [0.1, 0.15) is 29.4 Å². The molecule has 2 aromatic carbocycles. The fourth-order valence-electron chi connectivity index (χ4n) is 2.30. The monoisotopic (exact) mass is 352 g/mol. The molecule has 0 unspecified atom stereocenters. The number of nitrogens with zero attached hydrogens (tertiary/aromatic N) is 3. The number of rotatable bonds is 6. The van der Waals surface area contributed by atoms with E-state index in [0.29, 0.717) is 11.4 Å². The van der Waals surface area contributed by atoms with Gasteiger partial charge in [-0.1, -0.05) is 36.8 Å². The van der Waals surface area contributed by atoms with Crippen molar-refractivity contribution in [3.05, 3.63) is 75.8 Å². The molecule has 5 nitrogen and oxygen atoms in total. The lowest BCUT2D eigenvalue weighted by atomic mass is 10.2. The molecular formula is C19H20N4OS. The summed E-state index contributed by atoms with van der Waals surface area (Å²) in [5, 5.41) is 11.3. The second-order valence-electron chi connectivity index (χ2n) is 5.70. The van der Waals surface area contributed by atoms with Crippen LogP contribution < -0.4 is 4.74 Å². The number of aromatic nitrogens is 3. The number of aromatic amines is 1. The molecule has 1 heterocycles. The topological polar surface area (TPSA) is 55.2 Å². The van der Waals surface area contributed by atoms with Gasteiger partial charge in [0, 0.05) is 6.42 Å². The minimum atomic E-state index is 0.492. The molecule has 3 rings (SSSR count). The van der Waals surface area contributed by atoms with Gasteiger partial charge >= 0.3 is 0 Å². The second kappa shape index (κ2) is 7.90. The van der Waals surface area contributed by atoms with Crippen LogP contribution in [0.15, 0.2) is 53.6 Å². The molecule has 0 aliphatic rings. The standard InChI is InChI=1S/C19H20N4OS/c1-3-18-21-22-19(25)23(18)20-12-15-8-10-17(11-9-15)24-13-16-6-4-14(2)5-7-16/h4-12H,3,13H2,1-2H3,(H,22,25)/b20-12+. The second-order valence-corrected chi connectivity index (χ2v) is 6.08. The van der Waals surface area contributed by atoms with Crippen molar-refractivity contribution in [1.29, 1.82) is 0 Å². The van der Waals surface area contributed by atoms with E-state index in [1.165, 1.54) is 5.56 Å². The van der Waals surface area contributed by atoms with Crippen LogP contribution in [0.3, 0.4) is 0 Å². The Bertz CT molecular complexity index is 908. The fraction of sp³-hybridized carbons (Fsp3) is 0.211. The van der Waals surface area contributed by atoms with E-state index in [1.807, 2.05) is 31.2 Å². The Hall–Kier alpha value is -2.73. The molecule has 1 N–H and O–H groups in total. The number of ether oxygens (including phenoxy) is 1. The van der Waals surface area contributed by atoms with Gasteiger partial charge in [-0.25, -0.2) is 0 Å². The van der Waals surface area contributed by atoms with Crippen molar-refractivity contribution < 1.29 is 4.74 Å². The highest BCUT2D eigenvalue weighted by Crippen LogP contribution is 2.14. The van der Waals surface area contributed by atoms with E-state index in [9.17, 15) is 0 Å². The summed E-state index contributed by atoms with van der Waals surface area (Å²) in [6, 6.07) is 16.1. The van der Waals surface area contributed by atoms with Gasteiger partial charge in [-0.05, 0) is 54.5 Å². The van der Waals surface area contributed by atoms with Gasteiger partial charge in [0.05, 0.1) is 6.21 Å². The van der Waals surface area contributed by atoms with E-state index in [0.717, 1.165) is 29.1 Å². The summed E-state index contributed by atoms with van der Waals surface area (Å²) < 4.78 is 7.94. The summed E-state index contributed by atoms with van der Waals surface area (Å²) >= 11 is 5.18. The smallest absolute Gasteiger partial charge is 0.216 e. The molecule has 25 heavy (non-hydrogen) atoms. The third-order valence-corrected chi connectivity index (χ3v) is 4.03. The maximum Gasteiger partial charge on any atom is 0.216 e. The molecule has 0 aliphatic heterocycles. The lowest BCUT2D eigenvalue weighted by molar-refractivity contribution is 0.306. The zero-order valence-electron chi connectivity index (χ0n) is 14.3. The molecule has 0 bridgehead atoms. The number of hydrogen-bond acceptors (Lipinski definition) is 4. The zero-order valence-corrected chi connectivity index (χ0v) is 15.1. The van der Waals surface area contributed by atoms with Crippen molar-refractivity contribution in [2.45, 2.75) is 26.9 Å². The molecular weight excluding hydrogens is 332 g/mol. The first-order valence-electron chi connectivity index (χ1n) is 8.15. The molecule has 0 saturated heterocycles. The zero-order chi connectivity index (χ0) is 17.6. The Balaban J connectivity index is 1.64. The highest BCUT2D eigenvalue weighted by molar-refractivity contribution is 7.71. The number of hydrogen-bond donors (Lipinski definition) is 1. The van der Waals surface area contributed by atoms with E-state index in [-0.39, 0.29) is 0 Å². The first-order chi connectivity index (χ1) is 12.2. The molecule has 0 atom stereocenters. The van der Waals surface area contributed by atoms with Gasteiger partial charge in [-0.3, -0.25) is 5.10 Å². The van der Waals surface area contributed by atoms with Crippen molar-refractivity contribution in [1.82, 2.24) is 14.9 Å². The molecule has 0 aliphatic carbocycles. The Labute approximate surface area is 152 Å². The van der Waals surface area contributed by atoms with Crippen LogP contribution in [0.4, 0.5) is 0 Å². The fourth-order valence-corrected chi connectivity index (χ4v) is 2.50. The molecule has 6 heteroatoms. The van der Waals surface area contributed by atoms with Crippen molar-refractivity contribution in [2.75, 3.05) is 0 Å². The summed E-state index contributed by atoms with van der Waals surface area (Å²) in [5.41, 5.74) is 3.36. The van der Waals surface area contributed by atoms with E-state index in [1.54, 1.807) is 10.9 Å². The third-order valence-electron chi connectivity index (χ3n) is 3.76. The molecule has 0 spiro atoms. The molecule has 0 amide bonds. The van der Waals surface area contributed by atoms with Crippen LogP contribution in [-0.2, 0) is 13.0 Å². The van der Waals surface area contributed by atoms with Crippen molar-refractivity contribution in [3.63, 3.8) is 0 Å². The Morgan fingerprint density at radius 2 is 1.88 bits per heavy atom. The van der Waals surface area contributed by atoms with Crippen molar-refractivity contribution in [2.24, 2.45) is 5.10 Å². The third kappa shape index (κ3) is 4.42. The van der Waals surface area contributed by atoms with Crippen LogP contribution in [-0.4, -0.2) is 21.1 Å². The Morgan fingerprint density at radius 1 is 1.16 bits per heavy atom. The van der Waals surface area contributed by atoms with E-state index < -0.39 is 0 Å². The minimum Gasteiger partial charge on any atom is -0.489 e. The van der Waals surface area contributed by atoms with Gasteiger partial charge in [0.2, 0.25) is 4.77 Å². The summed E-state index contributed by atoms with van der Waals surface area (Å²) in [5.74, 6) is 1.63. The lowest BCUT2D eigenvalue weighted by Gasteiger charge is -2.06. The Kier molecular flexibility index (Phi) is 5.40. The largest absolute Gasteiger partial charge is 0.489 e. The Morgan fingerprint density at radius 3 is 2.56 bits per heavy atom. The van der Waals surface area contributed by atoms with Gasteiger partial charge in [-0.15, -0.1) is 0 Å². The highest BCUT2D eigenvalue weighted by Gasteiger charge is 2.01. The molecule has 0 saturated carbocycles. The number of nitrogens with one attached hydrogen (secondary N) is 1. The summed E-state index contributed by atoms with van der Waals surface area (Å²) in [7, 11) is 0. The molecule has 128 valence electrons. The van der Waals surface area contributed by atoms with Gasteiger partial charge < -0.3 is 4.74 Å². The minimum absolute atomic E-state index is 0.492. The maximum absolute atomic E-state index is 5.81. The first kappa shape index (κ1) is 17.1. The summed E-state index contributed by atoms with van der Waals surface area (Å²) in [6.07, 6.45) is 2.52. The normalized spacial score (nSPS) is 11.1. The number of aryl methyl sites for hydroxylation is 2. The lowest BCUT2D eigenvalue weighted by Crippen LogP contribution is -1.98. The molecule has 1 aromatic heterocycles. The van der Waals surface area contributed by atoms with Crippen LogP contribution >= 0.6 is 12.2 Å². The van der Waals surface area contributed by atoms with Crippen LogP contribution in [0.2, 0.25) is 0 Å². The molecule has 3 aromatic rings. The van der Waals surface area contributed by atoms with Gasteiger partial charge in [0.1, 0.15) is 12.4 Å². The van der Waals surface area contributed by atoms with Crippen LogP contribution in [0.5, 0.6) is 5.75 Å². The van der Waals surface area contributed by atoms with Crippen LogP contribution in [0, 0.1) is 11.7 Å². The molecule has 0 fully saturated rings. The summed E-state index contributed by atoms with van der Waals surface area (Å²) in [4.78, 5) is 0. The quantitative estimate of drug-likeness (QED) is 0.532. The maximum atomic E-state index is 5.81. The highest BCUT2D eigenvalue weighted by atomic mass is 32.1. The average Bonchev–Trinajstić information content (AvgIpc) is 3.00. The van der Waals surface area contributed by atoms with Gasteiger partial charge in [0.25, 0.3) is 0 Å². The molecule has 0 radical (unpaired) electrons. The number of H-pyrrole nitrogens is 1. The predicted octanol–water partition coefficient (Wildman–Crippen LogP) is 4.27. The van der Waals surface area contributed by atoms with Gasteiger partial charge in [-0.2, -0.15) is 14.9 Å². The average molecular weight is 352 g/mol. The number of benzene rings is 2. The van der Waals surface area contributed by atoms with E-state index in [2.05, 4.69) is 46.5 Å². The summed E-state index contributed by atoms with van der Waals surface area (Å²) in [6.45, 7) is 4.64. The van der Waals surface area contributed by atoms with Crippen molar-refractivity contribution in [3.8, 4) is 5.75 Å². The van der Waals surface area contributed by atoms with Crippen LogP contribution in [0.25, 0.3) is 0 Å². The predicted molar refractivity (Wildman–Crippen MR) is 102 cm³/mol. The SMILES string of the molecule is CCc1n[nH]c(=S)n1/N=C/c1ccc(OCc2ccc(C)cc2)cc1. The van der Waals surface area contributed by atoms with E-state index >= 15 is 0 Å².